The van der Waals surface area contributed by atoms with E-state index in [-0.39, 0.29) is 12.0 Å². The van der Waals surface area contributed by atoms with Crippen molar-refractivity contribution in [2.75, 3.05) is 17.2 Å². The number of anilines is 3. The maximum Gasteiger partial charge on any atom is 0.254 e. The number of aromatic nitrogens is 1. The maximum atomic E-state index is 12.0. The molecule has 2 aromatic rings. The van der Waals surface area contributed by atoms with E-state index in [0.717, 1.165) is 30.6 Å². The SMILES string of the molecule is CCc1ccccc1Nc1ccc(NC(=O)C2CCCO2)nc1. The predicted octanol–water partition coefficient (Wildman–Crippen LogP) is 3.51. The number of ether oxygens (including phenoxy) is 1. The van der Waals surface area contributed by atoms with Crippen LogP contribution in [0.3, 0.4) is 0 Å². The van der Waals surface area contributed by atoms with Crippen LogP contribution in [0.5, 0.6) is 0 Å². The number of rotatable bonds is 5. The van der Waals surface area contributed by atoms with Gasteiger partial charge in [-0.3, -0.25) is 4.79 Å². The standard InChI is InChI=1S/C18H21N3O2/c1-2-13-6-3-4-7-15(13)20-14-9-10-17(19-12-14)21-18(22)16-8-5-11-23-16/h3-4,6-7,9-10,12,16,20H,2,5,8,11H2,1H3,(H,19,21,22). The van der Waals surface area contributed by atoms with E-state index < -0.39 is 0 Å². The molecule has 0 spiro atoms. The van der Waals surface area contributed by atoms with E-state index in [1.165, 1.54) is 5.56 Å². The summed E-state index contributed by atoms with van der Waals surface area (Å²) in [6.07, 6.45) is 4.06. The highest BCUT2D eigenvalue weighted by Crippen LogP contribution is 2.21. The summed E-state index contributed by atoms with van der Waals surface area (Å²) in [5.41, 5.74) is 3.22. The van der Waals surface area contributed by atoms with Crippen LogP contribution in [0.25, 0.3) is 0 Å². The second-order valence-corrected chi connectivity index (χ2v) is 5.56. The second-order valence-electron chi connectivity index (χ2n) is 5.56. The summed E-state index contributed by atoms with van der Waals surface area (Å²) < 4.78 is 5.36. The fraction of sp³-hybridized carbons (Fsp3) is 0.333. The zero-order valence-electron chi connectivity index (χ0n) is 13.2. The lowest BCUT2D eigenvalue weighted by Crippen LogP contribution is -2.27. The number of amides is 1. The molecule has 3 rings (SSSR count). The molecule has 1 atom stereocenters. The van der Waals surface area contributed by atoms with Gasteiger partial charge in [0.15, 0.2) is 0 Å². The number of carbonyl (C=O) groups is 1. The number of hydrogen-bond acceptors (Lipinski definition) is 4. The van der Waals surface area contributed by atoms with Crippen LogP contribution >= 0.6 is 0 Å². The van der Waals surface area contributed by atoms with Crippen molar-refractivity contribution < 1.29 is 9.53 Å². The predicted molar refractivity (Wildman–Crippen MR) is 90.9 cm³/mol. The van der Waals surface area contributed by atoms with E-state index in [2.05, 4.69) is 28.6 Å². The Balaban J connectivity index is 1.63. The molecule has 2 N–H and O–H groups in total. The summed E-state index contributed by atoms with van der Waals surface area (Å²) in [7, 11) is 0. The Labute approximate surface area is 136 Å². The van der Waals surface area contributed by atoms with Gasteiger partial charge in [-0.25, -0.2) is 4.98 Å². The number of nitrogens with one attached hydrogen (secondary N) is 2. The van der Waals surface area contributed by atoms with Gasteiger partial charge in [-0.1, -0.05) is 25.1 Å². The van der Waals surface area contributed by atoms with Gasteiger partial charge in [0.25, 0.3) is 5.91 Å². The normalized spacial score (nSPS) is 17.0. The Kier molecular flexibility index (Phi) is 4.88. The Bertz CT molecular complexity index is 664. The molecule has 1 unspecified atom stereocenters. The van der Waals surface area contributed by atoms with Crippen molar-refractivity contribution in [3.63, 3.8) is 0 Å². The Morgan fingerprint density at radius 3 is 2.87 bits per heavy atom. The van der Waals surface area contributed by atoms with Crippen LogP contribution in [-0.4, -0.2) is 23.6 Å². The number of para-hydroxylation sites is 1. The highest BCUT2D eigenvalue weighted by Gasteiger charge is 2.23. The zero-order valence-corrected chi connectivity index (χ0v) is 13.2. The summed E-state index contributed by atoms with van der Waals surface area (Å²) in [6, 6.07) is 11.9. The first-order chi connectivity index (χ1) is 11.3. The van der Waals surface area contributed by atoms with E-state index in [0.29, 0.717) is 12.4 Å². The molecule has 5 heteroatoms. The molecule has 0 radical (unpaired) electrons. The number of benzene rings is 1. The molecule has 1 saturated heterocycles. The third-order valence-corrected chi connectivity index (χ3v) is 3.91. The van der Waals surface area contributed by atoms with E-state index >= 15 is 0 Å². The molecule has 1 aliphatic rings. The first kappa shape index (κ1) is 15.5. The van der Waals surface area contributed by atoms with Gasteiger partial charge in [-0.2, -0.15) is 0 Å². The number of aryl methyl sites for hydroxylation is 1. The molecule has 2 heterocycles. The smallest absolute Gasteiger partial charge is 0.254 e. The first-order valence-corrected chi connectivity index (χ1v) is 7.99. The fourth-order valence-electron chi connectivity index (χ4n) is 2.64. The molecule has 1 aliphatic heterocycles. The number of hydrogen-bond donors (Lipinski definition) is 2. The van der Waals surface area contributed by atoms with Crippen LogP contribution in [0.4, 0.5) is 17.2 Å². The van der Waals surface area contributed by atoms with Gasteiger partial charge in [-0.15, -0.1) is 0 Å². The van der Waals surface area contributed by atoms with E-state index in [9.17, 15) is 4.79 Å². The first-order valence-electron chi connectivity index (χ1n) is 7.99. The van der Waals surface area contributed by atoms with E-state index in [1.54, 1.807) is 12.3 Å². The third kappa shape index (κ3) is 3.87. The minimum Gasteiger partial charge on any atom is -0.368 e. The molecule has 0 bridgehead atoms. The van der Waals surface area contributed by atoms with Gasteiger partial charge in [0, 0.05) is 12.3 Å². The summed E-state index contributed by atoms with van der Waals surface area (Å²) >= 11 is 0. The summed E-state index contributed by atoms with van der Waals surface area (Å²) in [5, 5.41) is 6.15. The van der Waals surface area contributed by atoms with Crippen LogP contribution in [-0.2, 0) is 16.0 Å². The molecule has 1 amide bonds. The van der Waals surface area contributed by atoms with Gasteiger partial charge in [0.05, 0.1) is 11.9 Å². The molecule has 5 nitrogen and oxygen atoms in total. The van der Waals surface area contributed by atoms with Crippen molar-refractivity contribution in [1.82, 2.24) is 4.98 Å². The summed E-state index contributed by atoms with van der Waals surface area (Å²) in [5.74, 6) is 0.423. The number of pyridine rings is 1. The van der Waals surface area contributed by atoms with Crippen LogP contribution in [0.2, 0.25) is 0 Å². The molecule has 1 aromatic carbocycles. The lowest BCUT2D eigenvalue weighted by atomic mass is 10.1. The molecule has 23 heavy (non-hydrogen) atoms. The van der Waals surface area contributed by atoms with Gasteiger partial charge >= 0.3 is 0 Å². The second kappa shape index (κ2) is 7.24. The van der Waals surface area contributed by atoms with Gasteiger partial charge < -0.3 is 15.4 Å². The average Bonchev–Trinajstić information content (AvgIpc) is 3.12. The minimum absolute atomic E-state index is 0.118. The Morgan fingerprint density at radius 2 is 2.17 bits per heavy atom. The third-order valence-electron chi connectivity index (χ3n) is 3.91. The quantitative estimate of drug-likeness (QED) is 0.887. The van der Waals surface area contributed by atoms with E-state index in [4.69, 9.17) is 4.74 Å². The van der Waals surface area contributed by atoms with Crippen molar-refractivity contribution in [1.29, 1.82) is 0 Å². The maximum absolute atomic E-state index is 12.0. The van der Waals surface area contributed by atoms with Crippen LogP contribution in [0.15, 0.2) is 42.6 Å². The zero-order chi connectivity index (χ0) is 16.1. The molecule has 0 aliphatic carbocycles. The van der Waals surface area contributed by atoms with Gasteiger partial charge in [0.2, 0.25) is 0 Å². The Hall–Kier alpha value is -2.40. The molecular weight excluding hydrogens is 290 g/mol. The molecule has 0 saturated carbocycles. The van der Waals surface area contributed by atoms with E-state index in [1.807, 2.05) is 24.3 Å². The van der Waals surface area contributed by atoms with Crippen molar-refractivity contribution in [2.45, 2.75) is 32.3 Å². The molecule has 1 fully saturated rings. The van der Waals surface area contributed by atoms with Gasteiger partial charge in [0.1, 0.15) is 11.9 Å². The average molecular weight is 311 g/mol. The fourth-order valence-corrected chi connectivity index (χ4v) is 2.64. The summed E-state index contributed by atoms with van der Waals surface area (Å²) in [4.78, 5) is 16.3. The Morgan fingerprint density at radius 1 is 1.30 bits per heavy atom. The monoisotopic (exact) mass is 311 g/mol. The van der Waals surface area contributed by atoms with Crippen molar-refractivity contribution in [2.24, 2.45) is 0 Å². The van der Waals surface area contributed by atoms with Crippen LogP contribution < -0.4 is 10.6 Å². The van der Waals surface area contributed by atoms with Gasteiger partial charge in [-0.05, 0) is 43.0 Å². The molecular formula is C18H21N3O2. The summed E-state index contributed by atoms with van der Waals surface area (Å²) in [6.45, 7) is 2.79. The highest BCUT2D eigenvalue weighted by molar-refractivity contribution is 5.93. The lowest BCUT2D eigenvalue weighted by Gasteiger charge is -2.12. The van der Waals surface area contributed by atoms with Crippen molar-refractivity contribution in [3.05, 3.63) is 48.2 Å². The number of nitrogens with zero attached hydrogens (tertiary/aromatic N) is 1. The highest BCUT2D eigenvalue weighted by atomic mass is 16.5. The topological polar surface area (TPSA) is 63.2 Å². The van der Waals surface area contributed by atoms with Crippen LogP contribution in [0, 0.1) is 0 Å². The molecule has 120 valence electrons. The number of carbonyl (C=O) groups excluding carboxylic acids is 1. The molecule has 1 aromatic heterocycles. The lowest BCUT2D eigenvalue weighted by molar-refractivity contribution is -0.124. The largest absolute Gasteiger partial charge is 0.368 e. The minimum atomic E-state index is -0.342. The van der Waals surface area contributed by atoms with Crippen LogP contribution in [0.1, 0.15) is 25.3 Å². The van der Waals surface area contributed by atoms with Crippen molar-refractivity contribution >= 4 is 23.1 Å². The van der Waals surface area contributed by atoms with Crippen molar-refractivity contribution in [3.8, 4) is 0 Å².